The van der Waals surface area contributed by atoms with Gasteiger partial charge in [0, 0.05) is 44.3 Å². The molecule has 0 aliphatic carbocycles. The smallest absolute Gasteiger partial charge is 0.373 e. The maximum Gasteiger partial charge on any atom is 0.537 e. The van der Waals surface area contributed by atoms with Crippen LogP contribution in [0, 0.1) is 0 Å². The summed E-state index contributed by atoms with van der Waals surface area (Å²) >= 11 is 0. The normalized spacial score (nSPS) is 11.9. The van der Waals surface area contributed by atoms with Gasteiger partial charge in [0.15, 0.2) is 0 Å². The molecule has 4 nitrogen and oxygen atoms in total. The van der Waals surface area contributed by atoms with Gasteiger partial charge in [-0.1, -0.05) is 18.2 Å². The Kier molecular flexibility index (Phi) is 3.53. The molecule has 0 radical (unpaired) electrons. The third-order valence-electron chi connectivity index (χ3n) is 2.82. The summed E-state index contributed by atoms with van der Waals surface area (Å²) in [4.78, 5) is 4.11. The Hall–Kier alpha value is -1.27. The van der Waals surface area contributed by atoms with Crippen LogP contribution in [0.4, 0.5) is 0 Å². The van der Waals surface area contributed by atoms with Crippen LogP contribution in [0.1, 0.15) is 0 Å². The van der Waals surface area contributed by atoms with E-state index in [-0.39, 0.29) is 0 Å². The van der Waals surface area contributed by atoms with Crippen molar-refractivity contribution in [3.05, 3.63) is 36.7 Å². The van der Waals surface area contributed by atoms with Crippen LogP contribution in [0.15, 0.2) is 36.7 Å². The SMILES string of the molecule is CO[Si](OC)(OC)c1cccc2cnccc12. The van der Waals surface area contributed by atoms with Crippen LogP contribution in [0.25, 0.3) is 10.8 Å². The van der Waals surface area contributed by atoms with Gasteiger partial charge in [-0.2, -0.15) is 0 Å². The van der Waals surface area contributed by atoms with Crippen molar-refractivity contribution in [1.29, 1.82) is 0 Å². The van der Waals surface area contributed by atoms with Gasteiger partial charge < -0.3 is 13.3 Å². The Morgan fingerprint density at radius 2 is 1.71 bits per heavy atom. The lowest BCUT2D eigenvalue weighted by Gasteiger charge is -2.25. The zero-order chi connectivity index (χ0) is 12.3. The molecule has 1 aromatic carbocycles. The summed E-state index contributed by atoms with van der Waals surface area (Å²) < 4.78 is 16.5. The van der Waals surface area contributed by atoms with Crippen LogP contribution in [-0.2, 0) is 13.3 Å². The fourth-order valence-electron chi connectivity index (χ4n) is 1.97. The molecule has 0 saturated carbocycles. The molecular formula is C12H15NO3Si. The lowest BCUT2D eigenvalue weighted by Crippen LogP contribution is -2.54. The van der Waals surface area contributed by atoms with Gasteiger partial charge in [0.05, 0.1) is 0 Å². The highest BCUT2D eigenvalue weighted by molar-refractivity contribution is 6.77. The predicted octanol–water partition coefficient (Wildman–Crippen LogP) is 1.32. The molecule has 1 aromatic heterocycles. The van der Waals surface area contributed by atoms with Gasteiger partial charge in [0.2, 0.25) is 0 Å². The second kappa shape index (κ2) is 4.93. The van der Waals surface area contributed by atoms with Gasteiger partial charge >= 0.3 is 8.80 Å². The van der Waals surface area contributed by atoms with E-state index in [4.69, 9.17) is 13.3 Å². The quantitative estimate of drug-likeness (QED) is 0.766. The van der Waals surface area contributed by atoms with E-state index in [1.807, 2.05) is 30.5 Å². The van der Waals surface area contributed by atoms with E-state index in [1.54, 1.807) is 27.5 Å². The lowest BCUT2D eigenvalue weighted by atomic mass is 10.2. The summed E-state index contributed by atoms with van der Waals surface area (Å²) in [7, 11) is 2.05. The fourth-order valence-corrected chi connectivity index (χ4v) is 3.99. The minimum absolute atomic E-state index is 0.963. The van der Waals surface area contributed by atoms with Gasteiger partial charge in [-0.3, -0.25) is 4.98 Å². The average molecular weight is 249 g/mol. The van der Waals surface area contributed by atoms with Gasteiger partial charge in [0.25, 0.3) is 0 Å². The van der Waals surface area contributed by atoms with E-state index in [0.29, 0.717) is 0 Å². The van der Waals surface area contributed by atoms with Gasteiger partial charge in [-0.05, 0) is 11.5 Å². The van der Waals surface area contributed by atoms with Crippen LogP contribution in [0.3, 0.4) is 0 Å². The first kappa shape index (κ1) is 12.2. The molecule has 0 bridgehead atoms. The molecule has 0 amide bonds. The Labute approximate surface area is 102 Å². The number of fused-ring (bicyclic) bond motifs is 1. The van der Waals surface area contributed by atoms with Crippen molar-refractivity contribution < 1.29 is 13.3 Å². The molecule has 0 saturated heterocycles. The summed E-state index contributed by atoms with van der Waals surface area (Å²) in [5.74, 6) is 0. The first-order valence-corrected chi connectivity index (χ1v) is 6.98. The maximum absolute atomic E-state index is 5.50. The zero-order valence-corrected chi connectivity index (χ0v) is 11.1. The number of nitrogens with zero attached hydrogens (tertiary/aromatic N) is 1. The molecule has 2 rings (SSSR count). The minimum Gasteiger partial charge on any atom is -0.373 e. The molecule has 0 spiro atoms. The average Bonchev–Trinajstić information content (AvgIpc) is 2.41. The Morgan fingerprint density at radius 3 is 2.35 bits per heavy atom. The van der Waals surface area contributed by atoms with E-state index in [1.165, 1.54) is 0 Å². The van der Waals surface area contributed by atoms with Crippen molar-refractivity contribution in [2.45, 2.75) is 0 Å². The molecule has 17 heavy (non-hydrogen) atoms. The molecular weight excluding hydrogens is 234 g/mol. The second-order valence-corrected chi connectivity index (χ2v) is 6.45. The van der Waals surface area contributed by atoms with Gasteiger partial charge in [-0.25, -0.2) is 0 Å². The molecule has 5 heteroatoms. The topological polar surface area (TPSA) is 40.6 Å². The third-order valence-corrected chi connectivity index (χ3v) is 5.52. The monoisotopic (exact) mass is 249 g/mol. The summed E-state index contributed by atoms with van der Waals surface area (Å²) in [6.45, 7) is 0. The van der Waals surface area contributed by atoms with Crippen LogP contribution in [0.5, 0.6) is 0 Å². The van der Waals surface area contributed by atoms with Gasteiger partial charge in [-0.15, -0.1) is 0 Å². The van der Waals surface area contributed by atoms with Gasteiger partial charge in [0.1, 0.15) is 0 Å². The summed E-state index contributed by atoms with van der Waals surface area (Å²) in [6, 6.07) is 7.89. The molecule has 90 valence electrons. The molecule has 1 heterocycles. The molecule has 0 fully saturated rings. The third kappa shape index (κ3) is 1.98. The molecule has 0 atom stereocenters. The fraction of sp³-hybridized carbons (Fsp3) is 0.250. The number of aromatic nitrogens is 1. The lowest BCUT2D eigenvalue weighted by molar-refractivity contribution is 0.140. The molecule has 0 aliphatic heterocycles. The summed E-state index contributed by atoms with van der Waals surface area (Å²) in [5.41, 5.74) is 0. The van der Waals surface area contributed by atoms with E-state index < -0.39 is 8.80 Å². The largest absolute Gasteiger partial charge is 0.537 e. The van der Waals surface area contributed by atoms with Crippen molar-refractivity contribution in [3.8, 4) is 0 Å². The van der Waals surface area contributed by atoms with Crippen LogP contribution >= 0.6 is 0 Å². The Morgan fingerprint density at radius 1 is 1.00 bits per heavy atom. The van der Waals surface area contributed by atoms with Crippen molar-refractivity contribution in [1.82, 2.24) is 4.98 Å². The standard InChI is InChI=1S/C12H15NO3Si/c1-14-17(15-2,16-3)12-6-4-5-10-9-13-8-7-11(10)12/h4-9H,1-3H3. The van der Waals surface area contributed by atoms with E-state index in [2.05, 4.69) is 4.98 Å². The molecule has 0 N–H and O–H groups in total. The minimum atomic E-state index is -2.79. The van der Waals surface area contributed by atoms with Crippen molar-refractivity contribution in [2.75, 3.05) is 21.3 Å². The first-order chi connectivity index (χ1) is 8.27. The second-order valence-electron chi connectivity index (χ2n) is 3.57. The Balaban J connectivity index is 2.69. The number of hydrogen-bond acceptors (Lipinski definition) is 4. The van der Waals surface area contributed by atoms with Crippen LogP contribution < -0.4 is 5.19 Å². The maximum atomic E-state index is 5.50. The van der Waals surface area contributed by atoms with E-state index >= 15 is 0 Å². The number of hydrogen-bond donors (Lipinski definition) is 0. The highest BCUT2D eigenvalue weighted by atomic mass is 28.4. The highest BCUT2D eigenvalue weighted by Gasteiger charge is 2.41. The van der Waals surface area contributed by atoms with Crippen molar-refractivity contribution >= 4 is 24.8 Å². The summed E-state index contributed by atoms with van der Waals surface area (Å²) in [5, 5.41) is 3.07. The van der Waals surface area contributed by atoms with Crippen molar-refractivity contribution in [3.63, 3.8) is 0 Å². The van der Waals surface area contributed by atoms with E-state index in [9.17, 15) is 0 Å². The van der Waals surface area contributed by atoms with Crippen LogP contribution in [0.2, 0.25) is 0 Å². The van der Waals surface area contributed by atoms with Crippen molar-refractivity contribution in [2.24, 2.45) is 0 Å². The number of rotatable bonds is 4. The van der Waals surface area contributed by atoms with E-state index in [0.717, 1.165) is 16.0 Å². The Bertz CT molecular complexity index is 500. The first-order valence-electron chi connectivity index (χ1n) is 5.26. The molecule has 0 unspecified atom stereocenters. The number of benzene rings is 1. The predicted molar refractivity (Wildman–Crippen MR) is 68.2 cm³/mol. The molecule has 2 aromatic rings. The molecule has 0 aliphatic rings. The zero-order valence-electron chi connectivity index (χ0n) is 10.1. The van der Waals surface area contributed by atoms with Crippen LogP contribution in [-0.4, -0.2) is 35.1 Å². The number of pyridine rings is 1. The highest BCUT2D eigenvalue weighted by Crippen LogP contribution is 2.16. The summed E-state index contributed by atoms with van der Waals surface area (Å²) in [6.07, 6.45) is 3.57.